The van der Waals surface area contributed by atoms with Crippen LogP contribution in [0.3, 0.4) is 0 Å². The fraction of sp³-hybridized carbons (Fsp3) is 0.857. The Morgan fingerprint density at radius 1 is 1.32 bits per heavy atom. The van der Waals surface area contributed by atoms with Gasteiger partial charge in [-0.15, -0.1) is 0 Å². The minimum atomic E-state index is -0.416. The maximum absolute atomic E-state index is 12.5. The van der Waals surface area contributed by atoms with Crippen molar-refractivity contribution in [3.8, 4) is 0 Å². The lowest BCUT2D eigenvalue weighted by Gasteiger charge is -2.46. The molecule has 2 fully saturated rings. The van der Waals surface area contributed by atoms with Gasteiger partial charge in [0, 0.05) is 12.6 Å². The second-order valence-corrected chi connectivity index (χ2v) is 6.02. The van der Waals surface area contributed by atoms with Crippen molar-refractivity contribution in [1.29, 1.82) is 0 Å². The molecule has 0 spiro atoms. The van der Waals surface area contributed by atoms with Crippen LogP contribution in [0.25, 0.3) is 0 Å². The molecule has 0 aromatic rings. The topological polar surface area (TPSA) is 58.6 Å². The van der Waals surface area contributed by atoms with Gasteiger partial charge in [-0.3, -0.25) is 9.59 Å². The zero-order valence-electron chi connectivity index (χ0n) is 12.2. The molecule has 4 unspecified atom stereocenters. The number of hydrogen-bond donors (Lipinski definition) is 1. The molecule has 108 valence electrons. The van der Waals surface area contributed by atoms with Crippen LogP contribution in [0.1, 0.15) is 40.5 Å². The first-order valence-electron chi connectivity index (χ1n) is 7.16. The van der Waals surface area contributed by atoms with E-state index in [-0.39, 0.29) is 35.9 Å². The van der Waals surface area contributed by atoms with E-state index < -0.39 is 6.04 Å². The zero-order chi connectivity index (χ0) is 14.2. The fourth-order valence-corrected chi connectivity index (χ4v) is 3.11. The van der Waals surface area contributed by atoms with Crippen LogP contribution in [0.5, 0.6) is 0 Å². The summed E-state index contributed by atoms with van der Waals surface area (Å²) in [6, 6.07) is -0.642. The Bertz CT molecular complexity index is 370. The van der Waals surface area contributed by atoms with Crippen LogP contribution in [0.15, 0.2) is 0 Å². The number of rotatable bonds is 2. The van der Waals surface area contributed by atoms with Crippen LogP contribution < -0.4 is 5.32 Å². The van der Waals surface area contributed by atoms with Crippen molar-refractivity contribution in [3.05, 3.63) is 0 Å². The summed E-state index contributed by atoms with van der Waals surface area (Å²) in [7, 11) is 0. The van der Waals surface area contributed by atoms with Gasteiger partial charge in [0.25, 0.3) is 0 Å². The minimum absolute atomic E-state index is 0.0266. The maximum Gasteiger partial charge on any atom is 0.245 e. The first-order chi connectivity index (χ1) is 8.91. The van der Waals surface area contributed by atoms with E-state index in [1.807, 2.05) is 25.7 Å². The number of nitrogens with zero attached hydrogens (tertiary/aromatic N) is 1. The molecular weight excluding hydrogens is 244 g/mol. The van der Waals surface area contributed by atoms with Crippen LogP contribution in [0.4, 0.5) is 0 Å². The maximum atomic E-state index is 12.5. The number of carbonyl (C=O) groups is 2. The van der Waals surface area contributed by atoms with E-state index in [4.69, 9.17) is 4.74 Å². The number of hydrogen-bond acceptors (Lipinski definition) is 3. The average molecular weight is 268 g/mol. The van der Waals surface area contributed by atoms with E-state index in [1.165, 1.54) is 0 Å². The number of nitrogens with one attached hydrogen (secondary N) is 1. The van der Waals surface area contributed by atoms with E-state index >= 15 is 0 Å². The highest BCUT2D eigenvalue weighted by atomic mass is 16.5. The summed E-state index contributed by atoms with van der Waals surface area (Å²) in [5.41, 5.74) is 0. The lowest BCUT2D eigenvalue weighted by molar-refractivity contribution is -0.157. The second kappa shape index (κ2) is 5.49. The molecule has 0 saturated carbocycles. The first-order valence-corrected chi connectivity index (χ1v) is 7.16. The van der Waals surface area contributed by atoms with Crippen molar-refractivity contribution in [1.82, 2.24) is 10.2 Å². The summed E-state index contributed by atoms with van der Waals surface area (Å²) in [5.74, 6) is 0.133. The van der Waals surface area contributed by atoms with Crippen LogP contribution in [-0.2, 0) is 14.3 Å². The van der Waals surface area contributed by atoms with Crippen LogP contribution >= 0.6 is 0 Å². The molecule has 0 aromatic carbocycles. The third kappa shape index (κ3) is 2.76. The van der Waals surface area contributed by atoms with Crippen molar-refractivity contribution in [2.24, 2.45) is 5.92 Å². The molecule has 4 atom stereocenters. The third-order valence-electron chi connectivity index (χ3n) is 4.03. The summed E-state index contributed by atoms with van der Waals surface area (Å²) in [6.45, 7) is 8.42. The van der Waals surface area contributed by atoms with Gasteiger partial charge in [-0.25, -0.2) is 0 Å². The van der Waals surface area contributed by atoms with Gasteiger partial charge in [0.05, 0.1) is 6.10 Å². The van der Waals surface area contributed by atoms with Gasteiger partial charge in [0.15, 0.2) is 0 Å². The molecular formula is C14H24N2O3. The Labute approximate surface area is 114 Å². The standard InChI is InChI=1S/C14H24N2O3/c1-8(2)12-13(17)15-10(4)14(18)16(12)11-5-6-19-9(3)7-11/h8-12H,5-7H2,1-4H3,(H,15,17). The monoisotopic (exact) mass is 268 g/mol. The van der Waals surface area contributed by atoms with Gasteiger partial charge in [0.1, 0.15) is 12.1 Å². The molecule has 5 heteroatoms. The minimum Gasteiger partial charge on any atom is -0.378 e. The van der Waals surface area contributed by atoms with Gasteiger partial charge < -0.3 is 15.0 Å². The van der Waals surface area contributed by atoms with Crippen molar-refractivity contribution >= 4 is 11.8 Å². The van der Waals surface area contributed by atoms with Crippen LogP contribution in [0.2, 0.25) is 0 Å². The predicted octanol–water partition coefficient (Wildman–Crippen LogP) is 0.925. The quantitative estimate of drug-likeness (QED) is 0.810. The fourth-order valence-electron chi connectivity index (χ4n) is 3.11. The second-order valence-electron chi connectivity index (χ2n) is 6.02. The smallest absolute Gasteiger partial charge is 0.245 e. The molecule has 0 radical (unpaired) electrons. The number of carbonyl (C=O) groups excluding carboxylic acids is 2. The first kappa shape index (κ1) is 14.3. The van der Waals surface area contributed by atoms with E-state index in [2.05, 4.69) is 5.32 Å². The third-order valence-corrected chi connectivity index (χ3v) is 4.03. The SMILES string of the molecule is CC1CC(N2C(=O)C(C)NC(=O)C2C(C)C)CCO1. The van der Waals surface area contributed by atoms with Gasteiger partial charge in [0.2, 0.25) is 11.8 Å². The average Bonchev–Trinajstić information content (AvgIpc) is 2.32. The number of amides is 2. The summed E-state index contributed by atoms with van der Waals surface area (Å²) in [5, 5.41) is 2.78. The molecule has 2 heterocycles. The van der Waals surface area contributed by atoms with Crippen molar-refractivity contribution in [2.75, 3.05) is 6.61 Å². The Morgan fingerprint density at radius 2 is 2.00 bits per heavy atom. The lowest BCUT2D eigenvalue weighted by Crippen LogP contribution is -2.67. The van der Waals surface area contributed by atoms with Crippen LogP contribution in [0, 0.1) is 5.92 Å². The molecule has 2 saturated heterocycles. The summed E-state index contributed by atoms with van der Waals surface area (Å²) < 4.78 is 5.54. The zero-order valence-corrected chi connectivity index (χ0v) is 12.2. The van der Waals surface area contributed by atoms with Gasteiger partial charge in [-0.1, -0.05) is 13.8 Å². The van der Waals surface area contributed by atoms with E-state index in [1.54, 1.807) is 6.92 Å². The molecule has 0 aromatic heterocycles. The van der Waals surface area contributed by atoms with Gasteiger partial charge in [-0.05, 0) is 32.6 Å². The predicted molar refractivity (Wildman–Crippen MR) is 71.5 cm³/mol. The lowest BCUT2D eigenvalue weighted by atomic mass is 9.92. The van der Waals surface area contributed by atoms with E-state index in [0.29, 0.717) is 6.61 Å². The Hall–Kier alpha value is -1.10. The number of ether oxygens (including phenoxy) is 1. The van der Waals surface area contributed by atoms with Crippen molar-refractivity contribution in [3.63, 3.8) is 0 Å². The highest BCUT2D eigenvalue weighted by Crippen LogP contribution is 2.27. The molecule has 1 N–H and O–H groups in total. The summed E-state index contributed by atoms with van der Waals surface area (Å²) >= 11 is 0. The summed E-state index contributed by atoms with van der Waals surface area (Å²) in [6.07, 6.45) is 1.79. The molecule has 2 aliphatic heterocycles. The molecule has 2 amide bonds. The van der Waals surface area contributed by atoms with Crippen LogP contribution in [-0.4, -0.2) is 47.6 Å². The van der Waals surface area contributed by atoms with E-state index in [0.717, 1.165) is 12.8 Å². The summed E-state index contributed by atoms with van der Waals surface area (Å²) in [4.78, 5) is 26.5. The molecule has 19 heavy (non-hydrogen) atoms. The Kier molecular flexibility index (Phi) is 4.13. The highest BCUT2D eigenvalue weighted by molar-refractivity contribution is 5.97. The largest absolute Gasteiger partial charge is 0.378 e. The van der Waals surface area contributed by atoms with Gasteiger partial charge >= 0.3 is 0 Å². The van der Waals surface area contributed by atoms with Crippen molar-refractivity contribution < 1.29 is 14.3 Å². The molecule has 2 rings (SSSR count). The van der Waals surface area contributed by atoms with Crippen molar-refractivity contribution in [2.45, 2.75) is 64.8 Å². The number of piperazine rings is 1. The molecule has 5 nitrogen and oxygen atoms in total. The normalized spacial score (nSPS) is 36.6. The highest BCUT2D eigenvalue weighted by Gasteiger charge is 2.44. The van der Waals surface area contributed by atoms with Gasteiger partial charge in [-0.2, -0.15) is 0 Å². The molecule has 0 aliphatic carbocycles. The Balaban J connectivity index is 2.25. The van der Waals surface area contributed by atoms with E-state index in [9.17, 15) is 9.59 Å². The molecule has 2 aliphatic rings. The Morgan fingerprint density at radius 3 is 2.58 bits per heavy atom. The molecule has 0 bridgehead atoms.